The van der Waals surface area contributed by atoms with E-state index in [4.69, 9.17) is 0 Å². The Morgan fingerprint density at radius 2 is 1.93 bits per heavy atom. The average Bonchev–Trinajstić information content (AvgIpc) is 3.23. The lowest BCUT2D eigenvalue weighted by Gasteiger charge is -2.21. The Labute approximate surface area is 169 Å². The molecule has 0 spiro atoms. The number of hydrogen-bond donors (Lipinski definition) is 1. The highest BCUT2D eigenvalue weighted by Crippen LogP contribution is 2.20. The van der Waals surface area contributed by atoms with E-state index in [1.54, 1.807) is 23.9 Å². The van der Waals surface area contributed by atoms with Gasteiger partial charge in [-0.05, 0) is 30.2 Å². The molecule has 0 aliphatic carbocycles. The second-order valence-corrected chi connectivity index (χ2v) is 7.47. The minimum absolute atomic E-state index is 0.272. The highest BCUT2D eigenvalue weighted by Gasteiger charge is 2.24. The monoisotopic (exact) mass is 391 g/mol. The Balaban J connectivity index is 1.42. The smallest absolute Gasteiger partial charge is 0.332 e. The molecule has 3 aromatic rings. The van der Waals surface area contributed by atoms with Gasteiger partial charge in [-0.3, -0.25) is 18.9 Å². The van der Waals surface area contributed by atoms with Crippen LogP contribution in [0.4, 0.5) is 5.82 Å². The summed E-state index contributed by atoms with van der Waals surface area (Å²) in [4.78, 5) is 30.7. The van der Waals surface area contributed by atoms with Crippen molar-refractivity contribution in [2.24, 2.45) is 14.1 Å². The molecule has 0 saturated carbocycles. The largest absolute Gasteiger partial charge is 0.356 e. The van der Waals surface area contributed by atoms with Crippen LogP contribution in [0.15, 0.2) is 64.3 Å². The van der Waals surface area contributed by atoms with Gasteiger partial charge in [0.05, 0.1) is 5.69 Å². The summed E-state index contributed by atoms with van der Waals surface area (Å²) in [6, 6.07) is 16.1. The number of hydrogen-bond acceptors (Lipinski definition) is 5. The van der Waals surface area contributed by atoms with E-state index in [-0.39, 0.29) is 11.2 Å². The van der Waals surface area contributed by atoms with Gasteiger partial charge in [0, 0.05) is 57.6 Å². The van der Waals surface area contributed by atoms with Gasteiger partial charge in [-0.25, -0.2) is 4.79 Å². The molecule has 1 aliphatic rings. The number of rotatable bonds is 5. The molecule has 7 nitrogen and oxygen atoms in total. The van der Waals surface area contributed by atoms with Gasteiger partial charge in [-0.2, -0.15) is 0 Å². The first-order valence-electron chi connectivity index (χ1n) is 9.78. The molecule has 1 atom stereocenters. The Morgan fingerprint density at radius 3 is 2.72 bits per heavy atom. The summed E-state index contributed by atoms with van der Waals surface area (Å²) in [5, 5.41) is 3.60. The molecule has 29 heavy (non-hydrogen) atoms. The maximum atomic E-state index is 12.2. The van der Waals surface area contributed by atoms with Crippen molar-refractivity contribution in [2.45, 2.75) is 19.0 Å². The maximum Gasteiger partial charge on any atom is 0.332 e. The predicted octanol–water partition coefficient (Wildman–Crippen LogP) is 1.51. The predicted molar refractivity (Wildman–Crippen MR) is 114 cm³/mol. The first-order valence-corrected chi connectivity index (χ1v) is 9.78. The van der Waals surface area contributed by atoms with Crippen molar-refractivity contribution < 1.29 is 0 Å². The van der Waals surface area contributed by atoms with Crippen molar-refractivity contribution in [1.29, 1.82) is 0 Å². The van der Waals surface area contributed by atoms with E-state index in [1.807, 2.05) is 18.2 Å². The molecule has 1 aromatic carbocycles. The van der Waals surface area contributed by atoms with E-state index in [9.17, 15) is 9.59 Å². The SMILES string of the molecule is Cn1c(N2CC[C@@H](NCc3cccc(-c4ccccn4)c3)C2)cc(=O)n(C)c1=O. The highest BCUT2D eigenvalue weighted by molar-refractivity contribution is 5.59. The summed E-state index contributed by atoms with van der Waals surface area (Å²) in [6.07, 6.45) is 2.76. The molecule has 4 rings (SSSR count). The molecule has 0 radical (unpaired) electrons. The standard InChI is InChI=1S/C22H25N5O2/c1-25-20(13-21(28)26(2)22(25)29)27-11-9-18(15-27)24-14-16-6-5-7-17(12-16)19-8-3-4-10-23-19/h3-8,10,12-13,18,24H,9,11,14-15H2,1-2H3/t18-/m1/s1. The zero-order chi connectivity index (χ0) is 20.4. The lowest BCUT2D eigenvalue weighted by atomic mass is 10.1. The normalized spacial score (nSPS) is 16.3. The van der Waals surface area contributed by atoms with Crippen molar-refractivity contribution in [3.8, 4) is 11.3 Å². The first kappa shape index (κ1) is 19.1. The third kappa shape index (κ3) is 4.00. The molecule has 0 unspecified atom stereocenters. The van der Waals surface area contributed by atoms with Crippen molar-refractivity contribution in [2.75, 3.05) is 18.0 Å². The Kier molecular flexibility index (Phi) is 5.31. The lowest BCUT2D eigenvalue weighted by molar-refractivity contribution is 0.550. The van der Waals surface area contributed by atoms with Crippen molar-refractivity contribution in [3.63, 3.8) is 0 Å². The van der Waals surface area contributed by atoms with Crippen LogP contribution in [-0.4, -0.2) is 33.2 Å². The van der Waals surface area contributed by atoms with Crippen molar-refractivity contribution >= 4 is 5.82 Å². The highest BCUT2D eigenvalue weighted by atomic mass is 16.2. The molecule has 2 aromatic heterocycles. The molecule has 0 bridgehead atoms. The Bertz CT molecular complexity index is 1120. The van der Waals surface area contributed by atoms with E-state index in [2.05, 4.69) is 39.5 Å². The lowest BCUT2D eigenvalue weighted by Crippen LogP contribution is -2.40. The minimum Gasteiger partial charge on any atom is -0.356 e. The number of anilines is 1. The number of aromatic nitrogens is 3. The molecule has 1 aliphatic heterocycles. The van der Waals surface area contributed by atoms with Crippen LogP contribution in [0.3, 0.4) is 0 Å². The molecule has 1 N–H and O–H groups in total. The topological polar surface area (TPSA) is 72.2 Å². The van der Waals surface area contributed by atoms with Gasteiger partial charge in [0.15, 0.2) is 0 Å². The van der Waals surface area contributed by atoms with Gasteiger partial charge in [0.2, 0.25) is 0 Å². The number of nitrogens with zero attached hydrogens (tertiary/aromatic N) is 4. The van der Waals surface area contributed by atoms with Crippen LogP contribution in [0, 0.1) is 0 Å². The van der Waals surface area contributed by atoms with E-state index in [1.165, 1.54) is 12.6 Å². The quantitative estimate of drug-likeness (QED) is 0.714. The van der Waals surface area contributed by atoms with Gasteiger partial charge >= 0.3 is 5.69 Å². The number of nitrogens with one attached hydrogen (secondary N) is 1. The zero-order valence-corrected chi connectivity index (χ0v) is 16.7. The van der Waals surface area contributed by atoms with Crippen LogP contribution in [0.25, 0.3) is 11.3 Å². The Morgan fingerprint density at radius 1 is 1.07 bits per heavy atom. The molecule has 0 amide bonds. The van der Waals surface area contributed by atoms with Crippen LogP contribution < -0.4 is 21.5 Å². The van der Waals surface area contributed by atoms with Crippen LogP contribution in [0.2, 0.25) is 0 Å². The van der Waals surface area contributed by atoms with E-state index >= 15 is 0 Å². The fourth-order valence-corrected chi connectivity index (χ4v) is 3.80. The van der Waals surface area contributed by atoms with Gasteiger partial charge in [0.1, 0.15) is 5.82 Å². The van der Waals surface area contributed by atoms with E-state index < -0.39 is 0 Å². The van der Waals surface area contributed by atoms with E-state index in [0.29, 0.717) is 11.9 Å². The summed E-state index contributed by atoms with van der Waals surface area (Å²) < 4.78 is 2.67. The molecular formula is C22H25N5O2. The van der Waals surface area contributed by atoms with Gasteiger partial charge in [-0.1, -0.05) is 24.3 Å². The summed E-state index contributed by atoms with van der Waals surface area (Å²) >= 11 is 0. The fourth-order valence-electron chi connectivity index (χ4n) is 3.80. The summed E-state index contributed by atoms with van der Waals surface area (Å²) in [7, 11) is 3.21. The van der Waals surface area contributed by atoms with Crippen molar-refractivity contribution in [3.05, 3.63) is 81.1 Å². The summed E-state index contributed by atoms with van der Waals surface area (Å²) in [5.74, 6) is 0.680. The van der Waals surface area contributed by atoms with Crippen LogP contribution in [-0.2, 0) is 20.6 Å². The van der Waals surface area contributed by atoms with Gasteiger partial charge in [-0.15, -0.1) is 0 Å². The number of benzene rings is 1. The Hall–Kier alpha value is -3.19. The first-order chi connectivity index (χ1) is 14.0. The fraction of sp³-hybridized carbons (Fsp3) is 0.318. The summed E-state index contributed by atoms with van der Waals surface area (Å²) in [6.45, 7) is 2.33. The van der Waals surface area contributed by atoms with Crippen LogP contribution in [0.1, 0.15) is 12.0 Å². The van der Waals surface area contributed by atoms with Crippen LogP contribution in [0.5, 0.6) is 0 Å². The third-order valence-electron chi connectivity index (χ3n) is 5.50. The van der Waals surface area contributed by atoms with Gasteiger partial charge < -0.3 is 10.2 Å². The minimum atomic E-state index is -0.296. The van der Waals surface area contributed by atoms with Crippen LogP contribution >= 0.6 is 0 Å². The third-order valence-corrected chi connectivity index (χ3v) is 5.50. The molecule has 1 saturated heterocycles. The average molecular weight is 391 g/mol. The number of pyridine rings is 1. The molecular weight excluding hydrogens is 366 g/mol. The second kappa shape index (κ2) is 8.05. The molecule has 3 heterocycles. The summed E-state index contributed by atoms with van der Waals surface area (Å²) in [5.41, 5.74) is 2.70. The maximum absolute atomic E-state index is 12.2. The molecule has 1 fully saturated rings. The molecule has 7 heteroatoms. The van der Waals surface area contributed by atoms with Gasteiger partial charge in [0.25, 0.3) is 5.56 Å². The van der Waals surface area contributed by atoms with E-state index in [0.717, 1.165) is 41.9 Å². The zero-order valence-electron chi connectivity index (χ0n) is 16.7. The van der Waals surface area contributed by atoms with Crippen molar-refractivity contribution in [1.82, 2.24) is 19.4 Å². The molecule has 150 valence electrons. The second-order valence-electron chi connectivity index (χ2n) is 7.47.